The average Bonchev–Trinajstić information content (AvgIpc) is 2.47. The highest BCUT2D eigenvalue weighted by molar-refractivity contribution is 8.01. The first-order valence-electron chi connectivity index (χ1n) is 7.01. The van der Waals surface area contributed by atoms with Crippen molar-refractivity contribution in [1.29, 1.82) is 0 Å². The van der Waals surface area contributed by atoms with Gasteiger partial charge in [0.2, 0.25) is 17.7 Å². The number of para-hydroxylation sites is 1. The van der Waals surface area contributed by atoms with Gasteiger partial charge in [0.15, 0.2) is 0 Å². The lowest BCUT2D eigenvalue weighted by Crippen LogP contribution is -2.36. The Morgan fingerprint density at radius 2 is 2.05 bits per heavy atom. The number of fused-ring (bicyclic) bond motifs is 1. The van der Waals surface area contributed by atoms with Crippen molar-refractivity contribution in [1.82, 2.24) is 10.2 Å². The summed E-state index contributed by atoms with van der Waals surface area (Å²) in [4.78, 5) is 37.7. The van der Waals surface area contributed by atoms with E-state index in [-0.39, 0.29) is 37.1 Å². The molecular formula is C15H19N3O3S. The maximum absolute atomic E-state index is 12.0. The number of anilines is 1. The molecule has 0 bridgehead atoms. The quantitative estimate of drug-likeness (QED) is 0.851. The zero-order valence-electron chi connectivity index (χ0n) is 12.6. The Morgan fingerprint density at radius 1 is 1.32 bits per heavy atom. The first-order valence-corrected chi connectivity index (χ1v) is 7.88. The summed E-state index contributed by atoms with van der Waals surface area (Å²) in [5, 5.41) is 5.04. The van der Waals surface area contributed by atoms with Gasteiger partial charge in [-0.1, -0.05) is 12.1 Å². The van der Waals surface area contributed by atoms with Crippen molar-refractivity contribution in [2.45, 2.75) is 23.0 Å². The van der Waals surface area contributed by atoms with E-state index in [1.165, 1.54) is 16.7 Å². The van der Waals surface area contributed by atoms with Crippen molar-refractivity contribution < 1.29 is 14.4 Å². The van der Waals surface area contributed by atoms with E-state index >= 15 is 0 Å². The second kappa shape index (κ2) is 7.31. The molecule has 1 aliphatic rings. The van der Waals surface area contributed by atoms with Gasteiger partial charge < -0.3 is 15.5 Å². The third-order valence-corrected chi connectivity index (χ3v) is 4.51. The van der Waals surface area contributed by atoms with Crippen LogP contribution in [0.25, 0.3) is 0 Å². The topological polar surface area (TPSA) is 78.5 Å². The Morgan fingerprint density at radius 3 is 2.77 bits per heavy atom. The van der Waals surface area contributed by atoms with Gasteiger partial charge in [-0.25, -0.2) is 0 Å². The van der Waals surface area contributed by atoms with Gasteiger partial charge in [0.1, 0.15) is 0 Å². The van der Waals surface area contributed by atoms with Gasteiger partial charge in [-0.3, -0.25) is 14.4 Å². The molecule has 0 spiro atoms. The smallest absolute Gasteiger partial charge is 0.238 e. The highest BCUT2D eigenvalue weighted by Gasteiger charge is 2.28. The minimum Gasteiger partial charge on any atom is -0.356 e. The van der Waals surface area contributed by atoms with E-state index in [9.17, 15) is 14.4 Å². The Labute approximate surface area is 133 Å². The van der Waals surface area contributed by atoms with E-state index in [4.69, 9.17) is 0 Å². The molecule has 2 N–H and O–H groups in total. The molecule has 0 radical (unpaired) electrons. The van der Waals surface area contributed by atoms with Crippen LogP contribution in [0.15, 0.2) is 29.2 Å². The summed E-state index contributed by atoms with van der Waals surface area (Å²) < 4.78 is 0. The maximum atomic E-state index is 12.0. The van der Waals surface area contributed by atoms with Crippen molar-refractivity contribution in [3.05, 3.63) is 24.3 Å². The van der Waals surface area contributed by atoms with Crippen molar-refractivity contribution >= 4 is 35.2 Å². The van der Waals surface area contributed by atoms with Gasteiger partial charge in [-0.05, 0) is 12.1 Å². The first kappa shape index (κ1) is 16.4. The molecular weight excluding hydrogens is 302 g/mol. The molecule has 1 aliphatic heterocycles. The first-order chi connectivity index (χ1) is 10.5. The van der Waals surface area contributed by atoms with Crippen LogP contribution >= 0.6 is 11.8 Å². The Kier molecular flexibility index (Phi) is 5.43. The molecule has 6 nitrogen and oxygen atoms in total. The zero-order chi connectivity index (χ0) is 16.1. The fraction of sp³-hybridized carbons (Fsp3) is 0.400. The number of nitrogens with zero attached hydrogens (tertiary/aromatic N) is 1. The third kappa shape index (κ3) is 4.24. The molecule has 2 rings (SSSR count). The minimum absolute atomic E-state index is 0.0426. The molecule has 0 aliphatic carbocycles. The number of nitrogens with one attached hydrogen (secondary N) is 2. The van der Waals surface area contributed by atoms with E-state index in [1.807, 2.05) is 24.3 Å². The summed E-state index contributed by atoms with van der Waals surface area (Å²) in [5.74, 6) is -0.430. The summed E-state index contributed by atoms with van der Waals surface area (Å²) in [6.45, 7) is 0.283. The Bertz CT molecular complexity index is 589. The van der Waals surface area contributed by atoms with Gasteiger partial charge in [0, 0.05) is 38.4 Å². The Hall–Kier alpha value is -2.02. The molecule has 1 atom stereocenters. The largest absolute Gasteiger partial charge is 0.356 e. The number of benzene rings is 1. The number of carbonyl (C=O) groups is 3. The number of amides is 3. The molecule has 0 fully saturated rings. The third-order valence-electron chi connectivity index (χ3n) is 3.24. The molecule has 118 valence electrons. The van der Waals surface area contributed by atoms with Crippen molar-refractivity contribution in [2.24, 2.45) is 0 Å². The molecule has 3 amide bonds. The SMILES string of the molecule is CN(C)C(=O)CCNC(=O)CC1Sc2ccccc2NC1=O. The van der Waals surface area contributed by atoms with Crippen LogP contribution in [0.2, 0.25) is 0 Å². The summed E-state index contributed by atoms with van der Waals surface area (Å²) in [7, 11) is 3.34. The van der Waals surface area contributed by atoms with Crippen molar-refractivity contribution in [2.75, 3.05) is 26.0 Å². The van der Waals surface area contributed by atoms with Gasteiger partial charge in [0.05, 0.1) is 10.9 Å². The Balaban J connectivity index is 1.82. The lowest BCUT2D eigenvalue weighted by atomic mass is 10.2. The fourth-order valence-corrected chi connectivity index (χ4v) is 3.11. The van der Waals surface area contributed by atoms with Gasteiger partial charge >= 0.3 is 0 Å². The second-order valence-corrected chi connectivity index (χ2v) is 6.43. The predicted molar refractivity (Wildman–Crippen MR) is 85.7 cm³/mol. The molecule has 7 heteroatoms. The van der Waals surface area contributed by atoms with Crippen LogP contribution < -0.4 is 10.6 Å². The van der Waals surface area contributed by atoms with E-state index in [0.29, 0.717) is 0 Å². The fourth-order valence-electron chi connectivity index (χ4n) is 2.00. The normalized spacial score (nSPS) is 16.5. The molecule has 22 heavy (non-hydrogen) atoms. The van der Waals surface area contributed by atoms with E-state index in [0.717, 1.165) is 10.6 Å². The van der Waals surface area contributed by atoms with Gasteiger partial charge in [0.25, 0.3) is 0 Å². The average molecular weight is 321 g/mol. The van der Waals surface area contributed by atoms with Crippen LogP contribution in [0.5, 0.6) is 0 Å². The molecule has 1 unspecified atom stereocenters. The van der Waals surface area contributed by atoms with Gasteiger partial charge in [-0.15, -0.1) is 11.8 Å². The van der Waals surface area contributed by atoms with Gasteiger partial charge in [-0.2, -0.15) is 0 Å². The number of hydrogen-bond acceptors (Lipinski definition) is 4. The molecule has 0 aromatic heterocycles. The molecule has 1 heterocycles. The van der Waals surface area contributed by atoms with Crippen LogP contribution in [-0.2, 0) is 14.4 Å². The molecule has 0 saturated carbocycles. The summed E-state index contributed by atoms with van der Waals surface area (Å²) in [5.41, 5.74) is 0.783. The molecule has 0 saturated heterocycles. The highest BCUT2D eigenvalue weighted by Crippen LogP contribution is 2.36. The maximum Gasteiger partial charge on any atom is 0.238 e. The lowest BCUT2D eigenvalue weighted by molar-refractivity contribution is -0.129. The predicted octanol–water partition coefficient (Wildman–Crippen LogP) is 1.08. The number of hydrogen-bond donors (Lipinski definition) is 2. The van der Waals surface area contributed by atoms with E-state index in [2.05, 4.69) is 10.6 Å². The zero-order valence-corrected chi connectivity index (χ0v) is 13.4. The van der Waals surface area contributed by atoms with Crippen LogP contribution in [0.1, 0.15) is 12.8 Å². The number of rotatable bonds is 5. The summed E-state index contributed by atoms with van der Waals surface area (Å²) in [6, 6.07) is 7.51. The molecule has 1 aromatic rings. The highest BCUT2D eigenvalue weighted by atomic mass is 32.2. The lowest BCUT2D eigenvalue weighted by Gasteiger charge is -2.23. The van der Waals surface area contributed by atoms with E-state index < -0.39 is 5.25 Å². The monoisotopic (exact) mass is 321 g/mol. The summed E-state index contributed by atoms with van der Waals surface area (Å²) in [6.07, 6.45) is 0.354. The number of thioether (sulfide) groups is 1. The number of carbonyl (C=O) groups excluding carboxylic acids is 3. The molecule has 1 aromatic carbocycles. The van der Waals surface area contributed by atoms with Crippen LogP contribution in [0, 0.1) is 0 Å². The van der Waals surface area contributed by atoms with E-state index in [1.54, 1.807) is 14.1 Å². The van der Waals surface area contributed by atoms with Crippen LogP contribution in [0.3, 0.4) is 0 Å². The van der Waals surface area contributed by atoms with Crippen LogP contribution in [-0.4, -0.2) is 48.5 Å². The minimum atomic E-state index is -0.445. The van der Waals surface area contributed by atoms with Crippen molar-refractivity contribution in [3.8, 4) is 0 Å². The van der Waals surface area contributed by atoms with Crippen molar-refractivity contribution in [3.63, 3.8) is 0 Å². The van der Waals surface area contributed by atoms with Crippen LogP contribution in [0.4, 0.5) is 5.69 Å². The second-order valence-electron chi connectivity index (χ2n) is 5.18. The summed E-state index contributed by atoms with van der Waals surface area (Å²) >= 11 is 1.39. The standard InChI is InChI=1S/C15H19N3O3S/c1-18(2)14(20)7-8-16-13(19)9-12-15(21)17-10-5-3-4-6-11(10)22-12/h3-6,12H,7-9H2,1-2H3,(H,16,19)(H,17,21).